The summed E-state index contributed by atoms with van der Waals surface area (Å²) in [4.78, 5) is 41.2. The fourth-order valence-corrected chi connectivity index (χ4v) is 5.31. The van der Waals surface area contributed by atoms with E-state index in [1.54, 1.807) is 32.6 Å². The number of fused-ring (bicyclic) bond motifs is 1. The van der Waals surface area contributed by atoms with Gasteiger partial charge in [0.1, 0.15) is 30.6 Å². The molecule has 0 saturated carbocycles. The van der Waals surface area contributed by atoms with E-state index in [4.69, 9.17) is 14.2 Å². The molecule has 2 aliphatic heterocycles. The number of pyridine rings is 1. The van der Waals surface area contributed by atoms with E-state index < -0.39 is 17.7 Å². The second-order valence-electron chi connectivity index (χ2n) is 12.3. The van der Waals surface area contributed by atoms with Crippen molar-refractivity contribution < 1.29 is 28.6 Å². The molecular formula is C32H37N7O6. The Balaban J connectivity index is 1.08. The van der Waals surface area contributed by atoms with E-state index in [-0.39, 0.29) is 24.6 Å². The minimum absolute atomic E-state index is 0.0753. The van der Waals surface area contributed by atoms with Gasteiger partial charge in [0.05, 0.1) is 17.8 Å². The quantitative estimate of drug-likeness (QED) is 0.307. The highest BCUT2D eigenvalue weighted by Gasteiger charge is 2.39. The van der Waals surface area contributed by atoms with Crippen LogP contribution >= 0.6 is 0 Å². The number of ether oxygens (including phenoxy) is 3. The van der Waals surface area contributed by atoms with Gasteiger partial charge >= 0.3 is 12.2 Å². The number of aryl methyl sites for hydroxylation is 1. The minimum Gasteiger partial charge on any atom is -0.487 e. The van der Waals surface area contributed by atoms with Crippen LogP contribution in [0.15, 0.2) is 60.9 Å². The number of likely N-dealkylation sites (tertiary alicyclic amines) is 2. The molecule has 236 valence electrons. The van der Waals surface area contributed by atoms with Gasteiger partial charge in [-0.15, -0.1) is 0 Å². The van der Waals surface area contributed by atoms with Crippen molar-refractivity contribution in [1.29, 1.82) is 0 Å². The second kappa shape index (κ2) is 12.1. The van der Waals surface area contributed by atoms with Crippen LogP contribution in [-0.4, -0.2) is 84.7 Å². The summed E-state index contributed by atoms with van der Waals surface area (Å²) in [5, 5.41) is 11.7. The summed E-state index contributed by atoms with van der Waals surface area (Å²) in [5.74, 6) is 0.644. The molecule has 5 heterocycles. The predicted octanol–water partition coefficient (Wildman–Crippen LogP) is 4.47. The summed E-state index contributed by atoms with van der Waals surface area (Å²) in [6.45, 7) is 7.10. The van der Waals surface area contributed by atoms with Crippen molar-refractivity contribution in [1.82, 2.24) is 29.2 Å². The molecule has 0 spiro atoms. The van der Waals surface area contributed by atoms with Crippen LogP contribution in [0.3, 0.4) is 0 Å². The van der Waals surface area contributed by atoms with E-state index >= 15 is 0 Å². The number of nitrogens with zero attached hydrogens (tertiary/aromatic N) is 6. The van der Waals surface area contributed by atoms with Gasteiger partial charge in [-0.25, -0.2) is 14.1 Å². The number of hydrogen-bond donors (Lipinski definition) is 1. The lowest BCUT2D eigenvalue weighted by Crippen LogP contribution is -2.56. The number of rotatable bonds is 8. The molecule has 1 N–H and O–H groups in total. The largest absolute Gasteiger partial charge is 0.487 e. The third kappa shape index (κ3) is 6.56. The topological polar surface area (TPSA) is 133 Å². The zero-order chi connectivity index (χ0) is 31.7. The lowest BCUT2D eigenvalue weighted by Gasteiger charge is -2.40. The average molecular weight is 616 g/mol. The Morgan fingerprint density at radius 3 is 2.47 bits per heavy atom. The molecule has 2 aliphatic rings. The third-order valence-corrected chi connectivity index (χ3v) is 7.86. The molecular weight excluding hydrogens is 578 g/mol. The number of aromatic nitrogens is 4. The van der Waals surface area contributed by atoms with Gasteiger partial charge in [-0.05, 0) is 51.3 Å². The smallest absolute Gasteiger partial charge is 0.410 e. The summed E-state index contributed by atoms with van der Waals surface area (Å²) >= 11 is 0. The standard InChI is InChI=1S/C32H37N7O6/c1-32(2,3)45-31(42)37-13-11-23(37)20-43-26-18-33-36(4)28(26)22-10-15-39-24(16-22)17-27(35-39)34-29(40)25-12-14-38(25)30(41)44-19-21-8-6-5-7-9-21/h5-10,15-18,23,25H,11-14,19-20H2,1-4H3,(H,34,35,40)/t23-,25-/m1/s1. The molecule has 13 nitrogen and oxygen atoms in total. The number of anilines is 1. The highest BCUT2D eigenvalue weighted by atomic mass is 16.6. The number of amides is 3. The molecule has 0 aliphatic carbocycles. The van der Waals surface area contributed by atoms with Crippen LogP contribution in [-0.2, 0) is 27.9 Å². The van der Waals surface area contributed by atoms with Crippen LogP contribution in [0.5, 0.6) is 5.75 Å². The lowest BCUT2D eigenvalue weighted by atomic mass is 10.0. The van der Waals surface area contributed by atoms with Crippen molar-refractivity contribution >= 4 is 29.4 Å². The van der Waals surface area contributed by atoms with Crippen molar-refractivity contribution in [2.45, 2.75) is 57.9 Å². The van der Waals surface area contributed by atoms with Gasteiger partial charge in [0, 0.05) is 38.0 Å². The Kier molecular flexibility index (Phi) is 8.09. The first-order valence-corrected chi connectivity index (χ1v) is 15.0. The van der Waals surface area contributed by atoms with Crippen molar-refractivity contribution in [3.8, 4) is 17.0 Å². The normalized spacial score (nSPS) is 17.8. The Bertz CT molecular complexity index is 1710. The second-order valence-corrected chi connectivity index (χ2v) is 12.3. The number of hydrogen-bond acceptors (Lipinski definition) is 8. The van der Waals surface area contributed by atoms with E-state index in [0.717, 1.165) is 28.8 Å². The van der Waals surface area contributed by atoms with Crippen LogP contribution in [0.25, 0.3) is 16.8 Å². The van der Waals surface area contributed by atoms with Gasteiger partial charge in [-0.2, -0.15) is 10.2 Å². The van der Waals surface area contributed by atoms with E-state index in [1.807, 2.05) is 70.3 Å². The average Bonchev–Trinajstić information content (AvgIpc) is 3.51. The zero-order valence-corrected chi connectivity index (χ0v) is 25.8. The van der Waals surface area contributed by atoms with Crippen LogP contribution in [0.2, 0.25) is 0 Å². The molecule has 0 unspecified atom stereocenters. The molecule has 6 rings (SSSR count). The van der Waals surface area contributed by atoms with E-state index in [1.165, 1.54) is 4.90 Å². The monoisotopic (exact) mass is 615 g/mol. The van der Waals surface area contributed by atoms with Gasteiger partial charge in [0.2, 0.25) is 5.91 Å². The molecule has 2 atom stereocenters. The summed E-state index contributed by atoms with van der Waals surface area (Å²) < 4.78 is 20.5. The number of benzene rings is 1. The first-order valence-electron chi connectivity index (χ1n) is 15.0. The molecule has 4 aromatic rings. The maximum absolute atomic E-state index is 13.0. The van der Waals surface area contributed by atoms with Crippen molar-refractivity contribution in [2.75, 3.05) is 25.0 Å². The maximum atomic E-state index is 13.0. The van der Waals surface area contributed by atoms with Gasteiger partial charge in [0.25, 0.3) is 0 Å². The summed E-state index contributed by atoms with van der Waals surface area (Å²) in [6, 6.07) is 14.3. The summed E-state index contributed by atoms with van der Waals surface area (Å²) in [7, 11) is 1.83. The van der Waals surface area contributed by atoms with Crippen LogP contribution < -0.4 is 10.1 Å². The highest BCUT2D eigenvalue weighted by molar-refractivity contribution is 5.97. The summed E-state index contributed by atoms with van der Waals surface area (Å²) in [6.07, 6.45) is 3.98. The van der Waals surface area contributed by atoms with Crippen LogP contribution in [0.1, 0.15) is 39.2 Å². The molecule has 0 bridgehead atoms. The predicted molar refractivity (Wildman–Crippen MR) is 165 cm³/mol. The SMILES string of the molecule is Cn1ncc(OC[C@H]2CCN2C(=O)OC(C)(C)C)c1-c1ccn2nc(NC(=O)[C@H]3CCN3C(=O)OCc3ccccc3)cc2c1. The molecule has 2 saturated heterocycles. The van der Waals surface area contributed by atoms with Crippen molar-refractivity contribution in [2.24, 2.45) is 7.05 Å². The molecule has 45 heavy (non-hydrogen) atoms. The Hall–Kier alpha value is -5.07. The zero-order valence-electron chi connectivity index (χ0n) is 25.8. The van der Waals surface area contributed by atoms with Gasteiger partial charge in [0.15, 0.2) is 11.6 Å². The fraction of sp³-hybridized carbons (Fsp3) is 0.406. The first-order chi connectivity index (χ1) is 21.6. The maximum Gasteiger partial charge on any atom is 0.410 e. The van der Waals surface area contributed by atoms with Crippen molar-refractivity contribution in [3.05, 3.63) is 66.5 Å². The van der Waals surface area contributed by atoms with Crippen molar-refractivity contribution in [3.63, 3.8) is 0 Å². The molecule has 2 fully saturated rings. The third-order valence-electron chi connectivity index (χ3n) is 7.86. The highest BCUT2D eigenvalue weighted by Crippen LogP contribution is 2.32. The molecule has 13 heteroatoms. The van der Waals surface area contributed by atoms with E-state index in [2.05, 4.69) is 15.5 Å². The van der Waals surface area contributed by atoms with Gasteiger partial charge < -0.3 is 24.4 Å². The number of nitrogens with one attached hydrogen (secondary N) is 1. The molecule has 3 aromatic heterocycles. The van der Waals surface area contributed by atoms with E-state index in [9.17, 15) is 14.4 Å². The Morgan fingerprint density at radius 2 is 1.78 bits per heavy atom. The molecule has 0 radical (unpaired) electrons. The van der Waals surface area contributed by atoms with Crippen LogP contribution in [0.4, 0.5) is 15.4 Å². The van der Waals surface area contributed by atoms with E-state index in [0.29, 0.717) is 37.7 Å². The van der Waals surface area contributed by atoms with Gasteiger partial charge in [-0.1, -0.05) is 30.3 Å². The first kappa shape index (κ1) is 30.0. The lowest BCUT2D eigenvalue weighted by molar-refractivity contribution is -0.124. The molecule has 1 aromatic carbocycles. The molecule has 3 amide bonds. The van der Waals surface area contributed by atoms with Crippen LogP contribution in [0, 0.1) is 0 Å². The Morgan fingerprint density at radius 1 is 1.00 bits per heavy atom. The minimum atomic E-state index is -0.621. The number of carbonyl (C=O) groups excluding carboxylic acids is 3. The van der Waals surface area contributed by atoms with Gasteiger partial charge in [-0.3, -0.25) is 14.4 Å². The fourth-order valence-electron chi connectivity index (χ4n) is 5.31. The summed E-state index contributed by atoms with van der Waals surface area (Å²) in [5.41, 5.74) is 2.69. The Labute approximate surface area is 260 Å². The number of carbonyl (C=O) groups is 3.